The molecule has 2 N–H and O–H groups in total. The lowest BCUT2D eigenvalue weighted by atomic mass is 10.1. The molecule has 11 heavy (non-hydrogen) atoms. The zero-order valence-electron chi connectivity index (χ0n) is 6.41. The molecule has 60 valence electrons. The smallest absolute Gasteiger partial charge is 0.149 e. The molecule has 0 aliphatic rings. The molecule has 1 aromatic rings. The number of hydrogen-bond donors (Lipinski definition) is 1. The van der Waals surface area contributed by atoms with Gasteiger partial charge in [0.25, 0.3) is 0 Å². The van der Waals surface area contributed by atoms with Gasteiger partial charge >= 0.3 is 0 Å². The van der Waals surface area contributed by atoms with Crippen LogP contribution in [-0.2, 0) is 0 Å². The third-order valence-electron chi connectivity index (χ3n) is 1.79. The van der Waals surface area contributed by atoms with Crippen LogP contribution < -0.4 is 5.73 Å². The van der Waals surface area contributed by atoms with E-state index in [2.05, 4.69) is 0 Å². The molecule has 0 aliphatic heterocycles. The molecule has 0 spiro atoms. The van der Waals surface area contributed by atoms with Crippen LogP contribution in [0.15, 0.2) is 6.07 Å². The van der Waals surface area contributed by atoms with Gasteiger partial charge in [0.1, 0.15) is 11.6 Å². The third kappa shape index (κ3) is 1.18. The first-order valence-electron chi connectivity index (χ1n) is 3.24. The minimum absolute atomic E-state index is 0.134. The first-order valence-corrected chi connectivity index (χ1v) is 3.24. The lowest BCUT2D eigenvalue weighted by Crippen LogP contribution is -1.98. The van der Waals surface area contributed by atoms with Crippen molar-refractivity contribution in [3.63, 3.8) is 0 Å². The van der Waals surface area contributed by atoms with Crippen molar-refractivity contribution in [2.75, 3.05) is 5.73 Å². The molecule has 1 aromatic carbocycles. The number of benzene rings is 1. The van der Waals surface area contributed by atoms with E-state index in [-0.39, 0.29) is 11.3 Å². The maximum Gasteiger partial charge on any atom is 0.149 e. The zero-order valence-corrected chi connectivity index (χ0v) is 6.41. The van der Waals surface area contributed by atoms with Crippen LogP contribution >= 0.6 is 0 Å². The van der Waals surface area contributed by atoms with Crippen molar-refractivity contribution in [1.29, 1.82) is 0 Å². The highest BCUT2D eigenvalue weighted by molar-refractivity contribution is 5.46. The van der Waals surface area contributed by atoms with E-state index in [4.69, 9.17) is 5.73 Å². The lowest BCUT2D eigenvalue weighted by molar-refractivity contribution is 0.588. The van der Waals surface area contributed by atoms with Crippen LogP contribution in [0.3, 0.4) is 0 Å². The molecule has 0 unspecified atom stereocenters. The van der Waals surface area contributed by atoms with Crippen LogP contribution in [0.2, 0.25) is 0 Å². The number of rotatable bonds is 0. The van der Waals surface area contributed by atoms with Crippen molar-refractivity contribution in [3.05, 3.63) is 28.8 Å². The van der Waals surface area contributed by atoms with Gasteiger partial charge in [-0.3, -0.25) is 0 Å². The molecule has 0 fully saturated rings. The SMILES string of the molecule is Cc1c(F)cc(N)c(F)c1C. The molecule has 0 aliphatic carbocycles. The van der Waals surface area contributed by atoms with Crippen molar-refractivity contribution < 1.29 is 8.78 Å². The maximum atomic E-state index is 12.9. The second kappa shape index (κ2) is 2.49. The monoisotopic (exact) mass is 157 g/mol. The summed E-state index contributed by atoms with van der Waals surface area (Å²) in [4.78, 5) is 0. The van der Waals surface area contributed by atoms with Gasteiger partial charge in [0.2, 0.25) is 0 Å². The Kier molecular flexibility index (Phi) is 1.81. The van der Waals surface area contributed by atoms with Gasteiger partial charge in [-0.15, -0.1) is 0 Å². The van der Waals surface area contributed by atoms with Gasteiger partial charge in [-0.05, 0) is 25.0 Å². The number of nitrogen functional groups attached to an aromatic ring is 1. The minimum atomic E-state index is -0.524. The fraction of sp³-hybridized carbons (Fsp3) is 0.250. The molecular weight excluding hydrogens is 148 g/mol. The molecule has 0 saturated heterocycles. The Morgan fingerprint density at radius 3 is 2.27 bits per heavy atom. The van der Waals surface area contributed by atoms with E-state index in [9.17, 15) is 8.78 Å². The topological polar surface area (TPSA) is 26.0 Å². The Labute approximate surface area is 63.8 Å². The van der Waals surface area contributed by atoms with E-state index < -0.39 is 11.6 Å². The summed E-state index contributed by atoms with van der Waals surface area (Å²) in [5, 5.41) is 0. The molecule has 0 aromatic heterocycles. The van der Waals surface area contributed by atoms with Crippen molar-refractivity contribution >= 4 is 5.69 Å². The van der Waals surface area contributed by atoms with E-state index in [1.807, 2.05) is 0 Å². The summed E-state index contributed by atoms with van der Waals surface area (Å²) < 4.78 is 25.7. The molecule has 1 rings (SSSR count). The van der Waals surface area contributed by atoms with Crippen LogP contribution in [0, 0.1) is 25.5 Å². The minimum Gasteiger partial charge on any atom is -0.396 e. The predicted molar refractivity (Wildman–Crippen MR) is 40.2 cm³/mol. The summed E-state index contributed by atoms with van der Waals surface area (Å²) >= 11 is 0. The van der Waals surface area contributed by atoms with Crippen molar-refractivity contribution in [3.8, 4) is 0 Å². The Bertz CT molecular complexity index is 268. The van der Waals surface area contributed by atoms with Gasteiger partial charge in [-0.1, -0.05) is 0 Å². The van der Waals surface area contributed by atoms with Gasteiger partial charge in [0.15, 0.2) is 0 Å². The Morgan fingerprint density at radius 2 is 1.73 bits per heavy atom. The molecule has 0 atom stereocenters. The van der Waals surface area contributed by atoms with Gasteiger partial charge in [-0.2, -0.15) is 0 Å². The summed E-state index contributed by atoms with van der Waals surface area (Å²) in [6.07, 6.45) is 0. The van der Waals surface area contributed by atoms with Gasteiger partial charge in [0, 0.05) is 6.07 Å². The first-order chi connectivity index (χ1) is 5.04. The summed E-state index contributed by atoms with van der Waals surface area (Å²) in [5.74, 6) is -0.981. The normalized spacial score (nSPS) is 10.2. The second-order valence-corrected chi connectivity index (χ2v) is 2.51. The van der Waals surface area contributed by atoms with E-state index in [0.717, 1.165) is 6.07 Å². The standard InChI is InChI=1S/C8H9F2N/c1-4-5(2)8(10)7(11)3-6(4)9/h3H,11H2,1-2H3. The molecule has 3 heteroatoms. The van der Waals surface area contributed by atoms with Crippen LogP contribution in [0.25, 0.3) is 0 Å². The van der Waals surface area contributed by atoms with Crippen molar-refractivity contribution in [2.45, 2.75) is 13.8 Å². The first kappa shape index (κ1) is 7.98. The molecular formula is C8H9F2N. The van der Waals surface area contributed by atoms with Gasteiger partial charge < -0.3 is 5.73 Å². The number of halogens is 2. The van der Waals surface area contributed by atoms with Crippen molar-refractivity contribution in [1.82, 2.24) is 0 Å². The Balaban J connectivity index is 3.46. The molecule has 0 heterocycles. The van der Waals surface area contributed by atoms with E-state index in [1.165, 1.54) is 13.8 Å². The molecule has 0 amide bonds. The summed E-state index contributed by atoms with van der Waals surface area (Å²) in [5.41, 5.74) is 5.64. The fourth-order valence-corrected chi connectivity index (χ4v) is 0.868. The average molecular weight is 157 g/mol. The van der Waals surface area contributed by atoms with E-state index >= 15 is 0 Å². The highest BCUT2D eigenvalue weighted by atomic mass is 19.1. The highest BCUT2D eigenvalue weighted by Crippen LogP contribution is 2.20. The largest absolute Gasteiger partial charge is 0.396 e. The second-order valence-electron chi connectivity index (χ2n) is 2.51. The van der Waals surface area contributed by atoms with Crippen LogP contribution in [0.1, 0.15) is 11.1 Å². The number of nitrogens with two attached hydrogens (primary N) is 1. The van der Waals surface area contributed by atoms with Crippen LogP contribution in [0.4, 0.5) is 14.5 Å². The highest BCUT2D eigenvalue weighted by Gasteiger charge is 2.09. The molecule has 0 bridgehead atoms. The van der Waals surface area contributed by atoms with E-state index in [1.54, 1.807) is 0 Å². The predicted octanol–water partition coefficient (Wildman–Crippen LogP) is 2.16. The lowest BCUT2D eigenvalue weighted by Gasteiger charge is -2.04. The zero-order chi connectivity index (χ0) is 8.59. The fourth-order valence-electron chi connectivity index (χ4n) is 0.868. The van der Waals surface area contributed by atoms with Gasteiger partial charge in [0.05, 0.1) is 5.69 Å². The van der Waals surface area contributed by atoms with Crippen LogP contribution in [0.5, 0.6) is 0 Å². The average Bonchev–Trinajstić information content (AvgIpc) is 1.97. The van der Waals surface area contributed by atoms with E-state index in [0.29, 0.717) is 5.56 Å². The van der Waals surface area contributed by atoms with Crippen LogP contribution in [-0.4, -0.2) is 0 Å². The quantitative estimate of drug-likeness (QED) is 0.574. The number of anilines is 1. The summed E-state index contributed by atoms with van der Waals surface area (Å²) in [6, 6.07) is 0.998. The number of hydrogen-bond acceptors (Lipinski definition) is 1. The third-order valence-corrected chi connectivity index (χ3v) is 1.79. The summed E-state index contributed by atoms with van der Waals surface area (Å²) in [6.45, 7) is 3.03. The Hall–Kier alpha value is -1.12. The van der Waals surface area contributed by atoms with Gasteiger partial charge in [-0.25, -0.2) is 8.78 Å². The van der Waals surface area contributed by atoms with Crippen molar-refractivity contribution in [2.24, 2.45) is 0 Å². The maximum absolute atomic E-state index is 12.9. The molecule has 0 saturated carbocycles. The molecule has 1 nitrogen and oxygen atoms in total. The summed E-state index contributed by atoms with van der Waals surface area (Å²) in [7, 11) is 0. The Morgan fingerprint density at radius 1 is 1.18 bits per heavy atom. The molecule has 0 radical (unpaired) electrons.